The SMILES string of the molecule is CCC(C)CCCCC(=O)CC(CCN)C(=O)NC(C(=O)CC(CCN)C(=O)NC1CCNC(=O)C(C(C)O)CC(=O)C(CCN)CC(=O)C(CCN)NC(=O)C(CC(C)C)NC(=O)C(Cc2ccccc2)CC(=O)C(CCN)NC1=O)C(C)O. The number of carbonyl (C=O) groups is 11. The Kier molecular flexibility index (Phi) is 35.8. The van der Waals surface area contributed by atoms with Crippen LogP contribution in [0.1, 0.15) is 156 Å². The molecule has 6 amide bonds. The molecule has 1 saturated heterocycles. The molecule has 0 bridgehead atoms. The van der Waals surface area contributed by atoms with Crippen molar-refractivity contribution in [3.63, 3.8) is 0 Å². The van der Waals surface area contributed by atoms with Crippen LogP contribution >= 0.6 is 0 Å². The summed E-state index contributed by atoms with van der Waals surface area (Å²) in [4.78, 5) is 155. The van der Waals surface area contributed by atoms with E-state index in [-0.39, 0.29) is 115 Å². The standard InChI is InChI=1S/C61H103N11O13/c1-7-37(4)13-11-12-16-45(75)31-42(18-24-63)57(81)72-55(39(6)74)54(79)33-43(19-25-64)56(80)70-49-22-28-67-59(83)46(38(5)73)35-51(76)41(17-23-62)32-52(77)47(20-26-65)69-61(85)50(29-36(2)3)71-58(82)44(30-40-14-9-8-10-15-40)34-53(78)48(21-27-66)68-60(49)84/h8-10,14-15,36-39,41-44,46-50,55,73-74H,7,11-13,16-35,62-66H2,1-6H3,(H,67,83)(H,68,84)(H,69,85)(H,70,80)(H,71,82)(H,72,81). The van der Waals surface area contributed by atoms with Gasteiger partial charge < -0.3 is 70.8 Å². The van der Waals surface area contributed by atoms with Crippen LogP contribution in [0.2, 0.25) is 0 Å². The van der Waals surface area contributed by atoms with E-state index in [1.54, 1.807) is 30.3 Å². The molecule has 1 aliphatic rings. The van der Waals surface area contributed by atoms with Crippen molar-refractivity contribution in [3.8, 4) is 0 Å². The zero-order valence-corrected chi connectivity index (χ0v) is 51.2. The second kappa shape index (κ2) is 40.5. The van der Waals surface area contributed by atoms with Gasteiger partial charge in [-0.3, -0.25) is 52.7 Å². The number of nitrogens with one attached hydrogen (secondary N) is 6. The monoisotopic (exact) mass is 1200 g/mol. The Hall–Kier alpha value is -5.89. The zero-order valence-electron chi connectivity index (χ0n) is 51.2. The summed E-state index contributed by atoms with van der Waals surface area (Å²) in [6, 6.07) is 1.94. The molecule has 1 heterocycles. The Labute approximate surface area is 502 Å². The van der Waals surface area contributed by atoms with Crippen LogP contribution in [0, 0.1) is 41.4 Å². The maximum atomic E-state index is 14.6. The van der Waals surface area contributed by atoms with E-state index in [2.05, 4.69) is 45.7 Å². The summed E-state index contributed by atoms with van der Waals surface area (Å²) in [5, 5.41) is 37.8. The Morgan fingerprint density at radius 3 is 1.73 bits per heavy atom. The molecule has 24 heteroatoms. The van der Waals surface area contributed by atoms with E-state index in [9.17, 15) is 63.0 Å². The van der Waals surface area contributed by atoms with Crippen molar-refractivity contribution in [3.05, 3.63) is 35.9 Å². The smallest absolute Gasteiger partial charge is 0.243 e. The van der Waals surface area contributed by atoms with Crippen molar-refractivity contribution in [2.75, 3.05) is 39.3 Å². The zero-order chi connectivity index (χ0) is 63.8. The van der Waals surface area contributed by atoms with Crippen LogP contribution in [-0.4, -0.2) is 156 Å². The number of rotatable bonds is 31. The fraction of sp³-hybridized carbons (Fsp3) is 0.721. The van der Waals surface area contributed by atoms with Crippen molar-refractivity contribution < 1.29 is 63.0 Å². The van der Waals surface area contributed by atoms with Gasteiger partial charge in [-0.05, 0) is 122 Å². The van der Waals surface area contributed by atoms with E-state index in [0.29, 0.717) is 17.9 Å². The molecular formula is C61H103N11O13. The van der Waals surface area contributed by atoms with Gasteiger partial charge in [-0.1, -0.05) is 77.3 Å². The topological polar surface area (TPSA) is 431 Å². The van der Waals surface area contributed by atoms with E-state index in [4.69, 9.17) is 28.7 Å². The number of aliphatic hydroxyl groups excluding tert-OH is 2. The van der Waals surface area contributed by atoms with Crippen LogP contribution in [-0.2, 0) is 59.2 Å². The summed E-state index contributed by atoms with van der Waals surface area (Å²) < 4.78 is 0. The molecule has 13 atom stereocenters. The number of aliphatic hydroxyl groups is 2. The second-order valence-electron chi connectivity index (χ2n) is 23.6. The maximum Gasteiger partial charge on any atom is 0.243 e. The van der Waals surface area contributed by atoms with E-state index >= 15 is 0 Å². The van der Waals surface area contributed by atoms with Crippen molar-refractivity contribution >= 4 is 64.4 Å². The van der Waals surface area contributed by atoms with E-state index in [1.807, 2.05) is 13.8 Å². The van der Waals surface area contributed by atoms with Crippen LogP contribution in [0.4, 0.5) is 0 Å². The molecular weight excluding hydrogens is 1090 g/mol. The van der Waals surface area contributed by atoms with Crippen molar-refractivity contribution in [1.82, 2.24) is 31.9 Å². The van der Waals surface area contributed by atoms with Crippen molar-refractivity contribution in [1.29, 1.82) is 0 Å². The second-order valence-corrected chi connectivity index (χ2v) is 23.6. The van der Waals surface area contributed by atoms with Gasteiger partial charge in [0.25, 0.3) is 0 Å². The predicted molar refractivity (Wildman–Crippen MR) is 322 cm³/mol. The minimum absolute atomic E-state index is 0.0125. The number of ketones is 5. The van der Waals surface area contributed by atoms with Gasteiger partial charge in [0, 0.05) is 68.7 Å². The molecule has 1 aliphatic heterocycles. The first-order valence-electron chi connectivity index (χ1n) is 30.7. The molecule has 85 heavy (non-hydrogen) atoms. The molecule has 13 unspecified atom stereocenters. The predicted octanol–water partition coefficient (Wildman–Crippen LogP) is 0.208. The molecule has 0 aliphatic carbocycles. The van der Waals surface area contributed by atoms with Crippen LogP contribution in [0.3, 0.4) is 0 Å². The third-order valence-electron chi connectivity index (χ3n) is 15.8. The minimum atomic E-state index is -1.57. The lowest BCUT2D eigenvalue weighted by molar-refractivity contribution is -0.137. The molecule has 2 rings (SSSR count). The first-order valence-corrected chi connectivity index (χ1v) is 30.7. The summed E-state index contributed by atoms with van der Waals surface area (Å²) in [6.45, 7) is 9.83. The lowest BCUT2D eigenvalue weighted by Crippen LogP contribution is -2.55. The number of nitrogens with two attached hydrogens (primary N) is 5. The average molecular weight is 1200 g/mol. The number of hydrogen-bond acceptors (Lipinski definition) is 18. The highest BCUT2D eigenvalue weighted by atomic mass is 16.3. The van der Waals surface area contributed by atoms with Crippen LogP contribution in [0.25, 0.3) is 0 Å². The number of amides is 6. The lowest BCUT2D eigenvalue weighted by atomic mass is 9.85. The van der Waals surface area contributed by atoms with E-state index < -0.39 is 156 Å². The van der Waals surface area contributed by atoms with E-state index in [0.717, 1.165) is 19.3 Å². The van der Waals surface area contributed by atoms with Gasteiger partial charge in [0.2, 0.25) is 35.4 Å². The Bertz CT molecular complexity index is 2300. The molecule has 0 radical (unpaired) electrons. The molecule has 480 valence electrons. The summed E-state index contributed by atoms with van der Waals surface area (Å²) in [7, 11) is 0. The molecule has 0 spiro atoms. The number of benzene rings is 1. The van der Waals surface area contributed by atoms with Crippen LogP contribution < -0.4 is 60.6 Å². The van der Waals surface area contributed by atoms with Gasteiger partial charge in [-0.2, -0.15) is 0 Å². The molecule has 24 nitrogen and oxygen atoms in total. The summed E-state index contributed by atoms with van der Waals surface area (Å²) in [6.07, 6.45) is -1.62. The summed E-state index contributed by atoms with van der Waals surface area (Å²) in [5.41, 5.74) is 30.3. The van der Waals surface area contributed by atoms with E-state index in [1.165, 1.54) is 13.8 Å². The quantitative estimate of drug-likeness (QED) is 0.0442. The summed E-state index contributed by atoms with van der Waals surface area (Å²) >= 11 is 0. The first kappa shape index (κ1) is 75.2. The average Bonchev–Trinajstić information content (AvgIpc) is 3.67. The fourth-order valence-corrected chi connectivity index (χ4v) is 10.5. The Balaban J connectivity index is 2.67. The number of unbranched alkanes of at least 4 members (excludes halogenated alkanes) is 1. The van der Waals surface area contributed by atoms with Gasteiger partial charge >= 0.3 is 0 Å². The third-order valence-corrected chi connectivity index (χ3v) is 15.8. The van der Waals surface area contributed by atoms with Gasteiger partial charge in [-0.15, -0.1) is 0 Å². The Morgan fingerprint density at radius 1 is 0.624 bits per heavy atom. The molecule has 1 fully saturated rings. The lowest BCUT2D eigenvalue weighted by Gasteiger charge is -2.28. The van der Waals surface area contributed by atoms with Crippen molar-refractivity contribution in [2.45, 2.75) is 200 Å². The van der Waals surface area contributed by atoms with Gasteiger partial charge in [0.05, 0.1) is 30.2 Å². The molecule has 18 N–H and O–H groups in total. The molecule has 1 aromatic carbocycles. The Morgan fingerprint density at radius 2 is 1.19 bits per heavy atom. The van der Waals surface area contributed by atoms with Gasteiger partial charge in [0.15, 0.2) is 17.3 Å². The van der Waals surface area contributed by atoms with Gasteiger partial charge in [-0.25, -0.2) is 0 Å². The maximum absolute atomic E-state index is 14.6. The normalized spacial score (nSPS) is 23.3. The number of hydrogen-bond donors (Lipinski definition) is 13. The third kappa shape index (κ3) is 27.6. The number of Topliss-reactive ketones (excluding diaryl/α,β-unsaturated/α-hetero) is 5. The first-order chi connectivity index (χ1) is 40.3. The highest BCUT2D eigenvalue weighted by Gasteiger charge is 2.38. The highest BCUT2D eigenvalue weighted by molar-refractivity contribution is 5.99. The minimum Gasteiger partial charge on any atom is -0.393 e. The molecule has 0 aromatic heterocycles. The number of carbonyl (C=O) groups excluding carboxylic acids is 11. The molecule has 0 saturated carbocycles. The molecule has 1 aromatic rings. The van der Waals surface area contributed by atoms with Gasteiger partial charge in [0.1, 0.15) is 29.7 Å². The summed E-state index contributed by atoms with van der Waals surface area (Å²) in [5.74, 6) is -12.7. The van der Waals surface area contributed by atoms with Crippen LogP contribution in [0.5, 0.6) is 0 Å². The highest BCUT2D eigenvalue weighted by Crippen LogP contribution is 2.23. The fourth-order valence-electron chi connectivity index (χ4n) is 10.5. The largest absolute Gasteiger partial charge is 0.393 e. The van der Waals surface area contributed by atoms with Crippen molar-refractivity contribution in [2.24, 2.45) is 70.1 Å². The van der Waals surface area contributed by atoms with Crippen LogP contribution in [0.15, 0.2) is 30.3 Å².